The van der Waals surface area contributed by atoms with Crippen LogP contribution in [0.1, 0.15) is 11.1 Å². The van der Waals surface area contributed by atoms with Gasteiger partial charge in [-0.15, -0.1) is 0 Å². The Hall–Kier alpha value is -2.29. The van der Waals surface area contributed by atoms with Crippen LogP contribution in [-0.4, -0.2) is 6.54 Å². The molecule has 0 aliphatic carbocycles. The van der Waals surface area contributed by atoms with E-state index in [9.17, 15) is 0 Å². The topological polar surface area (TPSA) is 35.2 Å². The fourth-order valence-electron chi connectivity index (χ4n) is 3.45. The average molecular weight is 336 g/mol. The van der Waals surface area contributed by atoms with Crippen LogP contribution >= 0.6 is 11.6 Å². The second-order valence-corrected chi connectivity index (χ2v) is 6.52. The van der Waals surface area contributed by atoms with Crippen molar-refractivity contribution in [2.24, 2.45) is 5.73 Å². The van der Waals surface area contributed by atoms with Crippen LogP contribution in [0.3, 0.4) is 0 Å². The molecule has 1 heterocycles. The molecule has 0 spiro atoms. The van der Waals surface area contributed by atoms with Gasteiger partial charge in [0.25, 0.3) is 0 Å². The van der Waals surface area contributed by atoms with Crippen molar-refractivity contribution in [1.29, 1.82) is 0 Å². The Morgan fingerprint density at radius 3 is 2.25 bits per heavy atom. The van der Waals surface area contributed by atoms with Gasteiger partial charge in [0.05, 0.1) is 0 Å². The van der Waals surface area contributed by atoms with Gasteiger partial charge < -0.3 is 10.5 Å². The van der Waals surface area contributed by atoms with Gasteiger partial charge in [-0.2, -0.15) is 0 Å². The quantitative estimate of drug-likeness (QED) is 0.746. The molecule has 3 aromatic rings. The number of benzene rings is 3. The van der Waals surface area contributed by atoms with Crippen molar-refractivity contribution in [3.05, 3.63) is 88.9 Å². The molecule has 0 aromatic heterocycles. The van der Waals surface area contributed by atoms with Crippen molar-refractivity contribution < 1.29 is 4.74 Å². The van der Waals surface area contributed by atoms with E-state index >= 15 is 0 Å². The van der Waals surface area contributed by atoms with Gasteiger partial charge in [0.1, 0.15) is 5.75 Å². The number of halogens is 1. The molecule has 4 rings (SSSR count). The molecule has 1 atom stereocenters. The molecule has 3 heteroatoms. The lowest BCUT2D eigenvalue weighted by Gasteiger charge is -2.27. The Bertz CT molecular complexity index is 864. The van der Waals surface area contributed by atoms with E-state index in [0.29, 0.717) is 13.0 Å². The molecular weight excluding hydrogens is 318 g/mol. The molecule has 1 aliphatic heterocycles. The van der Waals surface area contributed by atoms with Crippen LogP contribution in [0.25, 0.3) is 11.1 Å². The van der Waals surface area contributed by atoms with Crippen molar-refractivity contribution in [1.82, 2.24) is 0 Å². The molecule has 2 N–H and O–H groups in total. The molecule has 1 aliphatic rings. The summed E-state index contributed by atoms with van der Waals surface area (Å²) in [6.45, 7) is 0.414. The summed E-state index contributed by atoms with van der Waals surface area (Å²) in [5.41, 5.74) is 9.99. The van der Waals surface area contributed by atoms with Gasteiger partial charge >= 0.3 is 0 Å². The van der Waals surface area contributed by atoms with E-state index in [1.807, 2.05) is 48.5 Å². The maximum Gasteiger partial charge on any atom is 0.150 e. The minimum atomic E-state index is -0.530. The van der Waals surface area contributed by atoms with Gasteiger partial charge in [-0.1, -0.05) is 72.3 Å². The zero-order chi connectivity index (χ0) is 16.6. The zero-order valence-corrected chi connectivity index (χ0v) is 14.0. The highest BCUT2D eigenvalue weighted by Crippen LogP contribution is 2.47. The van der Waals surface area contributed by atoms with Crippen molar-refractivity contribution in [3.8, 4) is 16.9 Å². The smallest absolute Gasteiger partial charge is 0.150 e. The van der Waals surface area contributed by atoms with Crippen LogP contribution in [0, 0.1) is 0 Å². The van der Waals surface area contributed by atoms with Gasteiger partial charge in [-0.05, 0) is 23.3 Å². The molecule has 0 unspecified atom stereocenters. The minimum absolute atomic E-state index is 0.414. The molecule has 0 fully saturated rings. The first-order valence-electron chi connectivity index (χ1n) is 8.05. The number of rotatable bonds is 3. The van der Waals surface area contributed by atoms with Crippen LogP contribution in [0.4, 0.5) is 0 Å². The number of hydrogen-bond acceptors (Lipinski definition) is 2. The van der Waals surface area contributed by atoms with Crippen molar-refractivity contribution in [3.63, 3.8) is 0 Å². The van der Waals surface area contributed by atoms with E-state index in [1.54, 1.807) is 0 Å². The van der Waals surface area contributed by atoms with E-state index in [-0.39, 0.29) is 0 Å². The second kappa shape index (κ2) is 5.97. The molecular formula is C21H18ClNO. The van der Waals surface area contributed by atoms with Crippen LogP contribution in [0.15, 0.2) is 72.8 Å². The van der Waals surface area contributed by atoms with E-state index in [2.05, 4.69) is 24.3 Å². The summed E-state index contributed by atoms with van der Waals surface area (Å²) < 4.78 is 6.36. The van der Waals surface area contributed by atoms with E-state index in [4.69, 9.17) is 22.1 Å². The molecule has 0 saturated carbocycles. The number of fused-ring (bicyclic) bond motifs is 1. The average Bonchev–Trinajstić information content (AvgIpc) is 3.03. The summed E-state index contributed by atoms with van der Waals surface area (Å²) in [5.74, 6) is 0.868. The zero-order valence-electron chi connectivity index (χ0n) is 13.2. The van der Waals surface area contributed by atoms with Gasteiger partial charge in [0.2, 0.25) is 0 Å². The fraction of sp³-hybridized carbons (Fsp3) is 0.143. The summed E-state index contributed by atoms with van der Waals surface area (Å²) in [7, 11) is 0. The van der Waals surface area contributed by atoms with Gasteiger partial charge in [0, 0.05) is 29.1 Å². The predicted molar refractivity (Wildman–Crippen MR) is 98.4 cm³/mol. The lowest BCUT2D eigenvalue weighted by Crippen LogP contribution is -2.39. The largest absolute Gasteiger partial charge is 0.481 e. The maximum absolute atomic E-state index is 6.54. The van der Waals surface area contributed by atoms with E-state index in [0.717, 1.165) is 33.0 Å². The van der Waals surface area contributed by atoms with Crippen LogP contribution in [-0.2, 0) is 12.0 Å². The summed E-state index contributed by atoms with van der Waals surface area (Å²) in [4.78, 5) is 0. The SMILES string of the molecule is NC[C@]1(c2ccccc2)Cc2c(ccc(Cl)c2-c2ccccc2)O1. The maximum atomic E-state index is 6.54. The Balaban J connectivity index is 1.85. The van der Waals surface area contributed by atoms with Gasteiger partial charge in [-0.3, -0.25) is 0 Å². The van der Waals surface area contributed by atoms with Crippen molar-refractivity contribution >= 4 is 11.6 Å². The molecule has 3 aromatic carbocycles. The molecule has 24 heavy (non-hydrogen) atoms. The number of ether oxygens (including phenoxy) is 1. The van der Waals surface area contributed by atoms with Crippen LogP contribution < -0.4 is 10.5 Å². The normalized spacial score (nSPS) is 18.9. The lowest BCUT2D eigenvalue weighted by molar-refractivity contribution is 0.103. The molecule has 0 amide bonds. The summed E-state index contributed by atoms with van der Waals surface area (Å²) >= 11 is 6.54. The van der Waals surface area contributed by atoms with Crippen molar-refractivity contribution in [2.45, 2.75) is 12.0 Å². The monoisotopic (exact) mass is 335 g/mol. The van der Waals surface area contributed by atoms with Crippen LogP contribution in [0.2, 0.25) is 5.02 Å². The first-order valence-corrected chi connectivity index (χ1v) is 8.43. The van der Waals surface area contributed by atoms with E-state index in [1.165, 1.54) is 0 Å². The summed E-state index contributed by atoms with van der Waals surface area (Å²) in [6.07, 6.45) is 0.716. The Morgan fingerprint density at radius 1 is 0.917 bits per heavy atom. The van der Waals surface area contributed by atoms with Gasteiger partial charge in [-0.25, -0.2) is 0 Å². The van der Waals surface area contributed by atoms with Crippen LogP contribution in [0.5, 0.6) is 5.75 Å². The molecule has 2 nitrogen and oxygen atoms in total. The molecule has 0 saturated heterocycles. The third-order valence-corrected chi connectivity index (χ3v) is 4.99. The molecule has 0 bridgehead atoms. The Labute approximate surface area is 146 Å². The summed E-state index contributed by atoms with van der Waals surface area (Å²) in [5, 5.41) is 0.740. The van der Waals surface area contributed by atoms with E-state index < -0.39 is 5.60 Å². The third-order valence-electron chi connectivity index (χ3n) is 4.68. The second-order valence-electron chi connectivity index (χ2n) is 6.11. The first kappa shape index (κ1) is 15.3. The molecule has 120 valence electrons. The highest BCUT2D eigenvalue weighted by atomic mass is 35.5. The Morgan fingerprint density at radius 2 is 1.58 bits per heavy atom. The standard InChI is InChI=1S/C21H18ClNO/c22-18-11-12-19-17(20(18)15-7-3-1-4-8-15)13-21(14-23,24-19)16-9-5-2-6-10-16/h1-12H,13-14,23H2/t21-/m0/s1. The summed E-state index contributed by atoms with van der Waals surface area (Å²) in [6, 6.07) is 24.2. The first-order chi connectivity index (χ1) is 11.7. The van der Waals surface area contributed by atoms with Gasteiger partial charge in [0.15, 0.2) is 5.60 Å². The number of nitrogens with two attached hydrogens (primary N) is 1. The van der Waals surface area contributed by atoms with Crippen molar-refractivity contribution in [2.75, 3.05) is 6.54 Å². The lowest BCUT2D eigenvalue weighted by atomic mass is 9.86. The third kappa shape index (κ3) is 2.39. The minimum Gasteiger partial charge on any atom is -0.481 e. The highest BCUT2D eigenvalue weighted by molar-refractivity contribution is 6.33. The fourth-order valence-corrected chi connectivity index (χ4v) is 3.74. The number of hydrogen-bond donors (Lipinski definition) is 1. The highest BCUT2D eigenvalue weighted by Gasteiger charge is 2.41. The molecule has 0 radical (unpaired) electrons. The predicted octanol–water partition coefficient (Wildman–Crippen LogP) is 4.80. The Kier molecular flexibility index (Phi) is 3.79.